The fourth-order valence-electron chi connectivity index (χ4n) is 2.95. The molecule has 1 heterocycles. The molecule has 4 rings (SSSR count). The predicted octanol–water partition coefficient (Wildman–Crippen LogP) is 5.69. The maximum Gasteiger partial charge on any atom is 0.289 e. The molecule has 7 heteroatoms. The molecule has 1 aromatic heterocycles. The molecule has 5 nitrogen and oxygen atoms in total. The Morgan fingerprint density at radius 1 is 1.00 bits per heavy atom. The zero-order valence-electron chi connectivity index (χ0n) is 15.4. The van der Waals surface area contributed by atoms with Crippen molar-refractivity contribution < 1.29 is 4.79 Å². The van der Waals surface area contributed by atoms with Crippen LogP contribution in [0, 0.1) is 0 Å². The zero-order chi connectivity index (χ0) is 20.4. The highest BCUT2D eigenvalue weighted by molar-refractivity contribution is 6.36. The smallest absolute Gasteiger partial charge is 0.272 e. The normalized spacial score (nSPS) is 11.6. The quantitative estimate of drug-likeness (QED) is 0.327. The molecule has 0 spiro atoms. The van der Waals surface area contributed by atoms with Crippen molar-refractivity contribution in [3.05, 3.63) is 88.0 Å². The molecule has 0 atom stereocenters. The summed E-state index contributed by atoms with van der Waals surface area (Å²) in [5, 5.41) is 14.3. The summed E-state index contributed by atoms with van der Waals surface area (Å²) in [4.78, 5) is 12.4. The number of aromatic amines is 1. The van der Waals surface area contributed by atoms with E-state index in [1.54, 1.807) is 24.3 Å². The predicted molar refractivity (Wildman–Crippen MR) is 118 cm³/mol. The van der Waals surface area contributed by atoms with Crippen molar-refractivity contribution in [3.8, 4) is 11.3 Å². The average molecular weight is 423 g/mol. The molecular formula is C22H16Cl2N4O. The molecule has 0 bridgehead atoms. The summed E-state index contributed by atoms with van der Waals surface area (Å²) in [6, 6.07) is 20.8. The zero-order valence-corrected chi connectivity index (χ0v) is 16.9. The van der Waals surface area contributed by atoms with E-state index in [1.807, 2.05) is 43.3 Å². The third-order valence-electron chi connectivity index (χ3n) is 4.52. The van der Waals surface area contributed by atoms with E-state index in [4.69, 9.17) is 23.2 Å². The lowest BCUT2D eigenvalue weighted by molar-refractivity contribution is 0.0950. The molecule has 0 saturated carbocycles. The van der Waals surface area contributed by atoms with Gasteiger partial charge >= 0.3 is 0 Å². The Hall–Kier alpha value is -3.15. The van der Waals surface area contributed by atoms with Gasteiger partial charge in [-0.3, -0.25) is 9.89 Å². The van der Waals surface area contributed by atoms with Gasteiger partial charge in [0.05, 0.1) is 16.4 Å². The minimum Gasteiger partial charge on any atom is -0.272 e. The molecule has 0 aliphatic carbocycles. The van der Waals surface area contributed by atoms with Gasteiger partial charge in [0.15, 0.2) is 0 Å². The van der Waals surface area contributed by atoms with E-state index >= 15 is 0 Å². The minimum atomic E-state index is -0.394. The van der Waals surface area contributed by atoms with Gasteiger partial charge < -0.3 is 0 Å². The summed E-state index contributed by atoms with van der Waals surface area (Å²) >= 11 is 12.1. The summed E-state index contributed by atoms with van der Waals surface area (Å²) in [6.45, 7) is 1.84. The number of halogens is 2. The number of hydrazone groups is 1. The number of carbonyl (C=O) groups is 1. The highest BCUT2D eigenvalue weighted by Crippen LogP contribution is 2.29. The molecule has 3 aromatic carbocycles. The Labute approximate surface area is 177 Å². The second-order valence-electron chi connectivity index (χ2n) is 6.49. The first-order valence-corrected chi connectivity index (χ1v) is 9.61. The molecule has 2 N–H and O–H groups in total. The van der Waals surface area contributed by atoms with Crippen LogP contribution in [0.1, 0.15) is 23.0 Å². The van der Waals surface area contributed by atoms with Crippen LogP contribution in [-0.2, 0) is 0 Å². The number of nitrogens with one attached hydrogen (secondary N) is 2. The summed E-state index contributed by atoms with van der Waals surface area (Å²) < 4.78 is 0. The van der Waals surface area contributed by atoms with Gasteiger partial charge in [-0.05, 0) is 53.6 Å². The standard InChI is InChI=1S/C22H16Cl2N4O/c1-13(15-7-6-14-4-2-3-5-16(14)10-15)25-28-22(29)21-12-20(26-27-21)18-9-8-17(23)11-19(18)24/h2-12H,1H3,(H,26,27)(H,28,29). The van der Waals surface area contributed by atoms with E-state index in [0.29, 0.717) is 27.0 Å². The monoisotopic (exact) mass is 422 g/mol. The maximum absolute atomic E-state index is 12.4. The molecule has 144 valence electrons. The number of fused-ring (bicyclic) bond motifs is 1. The van der Waals surface area contributed by atoms with Gasteiger partial charge in [0.25, 0.3) is 5.91 Å². The van der Waals surface area contributed by atoms with Crippen LogP contribution in [0.5, 0.6) is 0 Å². The van der Waals surface area contributed by atoms with Crippen LogP contribution in [0.3, 0.4) is 0 Å². The molecule has 0 fully saturated rings. The summed E-state index contributed by atoms with van der Waals surface area (Å²) in [5.74, 6) is -0.394. The van der Waals surface area contributed by atoms with Crippen LogP contribution in [-0.4, -0.2) is 21.8 Å². The minimum absolute atomic E-state index is 0.279. The molecule has 0 radical (unpaired) electrons. The van der Waals surface area contributed by atoms with E-state index in [-0.39, 0.29) is 5.69 Å². The Balaban J connectivity index is 1.51. The van der Waals surface area contributed by atoms with Gasteiger partial charge in [-0.25, -0.2) is 5.43 Å². The third-order valence-corrected chi connectivity index (χ3v) is 5.07. The van der Waals surface area contributed by atoms with E-state index < -0.39 is 5.91 Å². The maximum atomic E-state index is 12.4. The molecule has 0 saturated heterocycles. The molecule has 0 unspecified atom stereocenters. The SMILES string of the molecule is CC(=NNC(=O)c1cc(-c2ccc(Cl)cc2Cl)n[nH]1)c1ccc2ccccc2c1. The molecule has 0 aliphatic heterocycles. The summed E-state index contributed by atoms with van der Waals surface area (Å²) in [7, 11) is 0. The van der Waals surface area contributed by atoms with Crippen molar-refractivity contribution in [2.45, 2.75) is 6.92 Å². The summed E-state index contributed by atoms with van der Waals surface area (Å²) in [6.07, 6.45) is 0. The number of hydrogen-bond donors (Lipinski definition) is 2. The first-order valence-electron chi connectivity index (χ1n) is 8.86. The van der Waals surface area contributed by atoms with Crippen LogP contribution in [0.4, 0.5) is 0 Å². The van der Waals surface area contributed by atoms with Crippen LogP contribution in [0.15, 0.2) is 71.8 Å². The third kappa shape index (κ3) is 4.16. The first kappa shape index (κ1) is 19.2. The van der Waals surface area contributed by atoms with Crippen LogP contribution < -0.4 is 5.43 Å². The fraction of sp³-hybridized carbons (Fsp3) is 0.0455. The van der Waals surface area contributed by atoms with Gasteiger partial charge in [0, 0.05) is 10.6 Å². The van der Waals surface area contributed by atoms with Gasteiger partial charge in [-0.2, -0.15) is 10.2 Å². The Kier molecular flexibility index (Phi) is 5.34. The number of amides is 1. The second kappa shape index (κ2) is 8.07. The number of aromatic nitrogens is 2. The molecule has 29 heavy (non-hydrogen) atoms. The van der Waals surface area contributed by atoms with Crippen LogP contribution in [0.2, 0.25) is 10.0 Å². The van der Waals surface area contributed by atoms with Crippen molar-refractivity contribution in [3.63, 3.8) is 0 Å². The number of carbonyl (C=O) groups excluding carboxylic acids is 1. The Morgan fingerprint density at radius 2 is 1.79 bits per heavy atom. The Bertz CT molecular complexity index is 1250. The summed E-state index contributed by atoms with van der Waals surface area (Å²) in [5.41, 5.74) is 5.70. The number of nitrogens with zero attached hydrogens (tertiary/aromatic N) is 2. The van der Waals surface area contributed by atoms with Gasteiger partial charge in [-0.15, -0.1) is 0 Å². The number of rotatable bonds is 4. The van der Waals surface area contributed by atoms with Crippen molar-refractivity contribution in [1.82, 2.24) is 15.6 Å². The average Bonchev–Trinajstić information content (AvgIpc) is 3.21. The van der Waals surface area contributed by atoms with E-state index in [9.17, 15) is 4.79 Å². The largest absolute Gasteiger partial charge is 0.289 e. The van der Waals surface area contributed by atoms with E-state index in [0.717, 1.165) is 16.3 Å². The second-order valence-corrected chi connectivity index (χ2v) is 7.33. The first-order chi connectivity index (χ1) is 14.0. The lowest BCUT2D eigenvalue weighted by Gasteiger charge is -2.04. The Morgan fingerprint density at radius 3 is 2.59 bits per heavy atom. The molecular weight excluding hydrogens is 407 g/mol. The van der Waals surface area contributed by atoms with Crippen molar-refractivity contribution in [2.24, 2.45) is 5.10 Å². The van der Waals surface area contributed by atoms with Gasteiger partial charge in [-0.1, -0.05) is 59.6 Å². The van der Waals surface area contributed by atoms with Crippen LogP contribution in [0.25, 0.3) is 22.0 Å². The lowest BCUT2D eigenvalue weighted by atomic mass is 10.0. The van der Waals surface area contributed by atoms with E-state index in [2.05, 4.69) is 26.8 Å². The van der Waals surface area contributed by atoms with Crippen molar-refractivity contribution >= 4 is 45.6 Å². The highest BCUT2D eigenvalue weighted by atomic mass is 35.5. The number of benzene rings is 3. The van der Waals surface area contributed by atoms with Crippen molar-refractivity contribution in [1.29, 1.82) is 0 Å². The molecule has 0 aliphatic rings. The van der Waals surface area contributed by atoms with Gasteiger partial charge in [0.1, 0.15) is 5.69 Å². The highest BCUT2D eigenvalue weighted by Gasteiger charge is 2.13. The van der Waals surface area contributed by atoms with Gasteiger partial charge in [0.2, 0.25) is 0 Å². The number of hydrogen-bond acceptors (Lipinski definition) is 3. The molecule has 1 amide bonds. The van der Waals surface area contributed by atoms with Crippen LogP contribution >= 0.6 is 23.2 Å². The lowest BCUT2D eigenvalue weighted by Crippen LogP contribution is -2.19. The number of H-pyrrole nitrogens is 1. The fourth-order valence-corrected chi connectivity index (χ4v) is 3.45. The van der Waals surface area contributed by atoms with Crippen molar-refractivity contribution in [2.75, 3.05) is 0 Å². The molecule has 4 aromatic rings. The topological polar surface area (TPSA) is 70.1 Å². The van der Waals surface area contributed by atoms with E-state index in [1.165, 1.54) is 0 Å².